The summed E-state index contributed by atoms with van der Waals surface area (Å²) in [7, 11) is -3.60. The molecule has 2 rings (SSSR count). The first-order valence-electron chi connectivity index (χ1n) is 10.6. The van der Waals surface area contributed by atoms with Gasteiger partial charge in [0, 0.05) is 37.0 Å². The fraction of sp³-hybridized carbons (Fsp3) is 0.348. The first kappa shape index (κ1) is 25.2. The number of benzene rings is 2. The minimum atomic E-state index is -3.60. The Balaban J connectivity index is 2.06. The molecule has 0 fully saturated rings. The molecule has 0 aliphatic carbocycles. The van der Waals surface area contributed by atoms with Gasteiger partial charge in [0.05, 0.1) is 9.82 Å². The van der Waals surface area contributed by atoms with Crippen LogP contribution in [0.5, 0.6) is 0 Å². The number of nitro groups is 1. The molecule has 2 aromatic rings. The lowest BCUT2D eigenvalue weighted by atomic mass is 10.2. The van der Waals surface area contributed by atoms with Gasteiger partial charge >= 0.3 is 0 Å². The summed E-state index contributed by atoms with van der Waals surface area (Å²) in [6.07, 6.45) is 6.16. The van der Waals surface area contributed by atoms with E-state index in [1.54, 1.807) is 24.3 Å². The number of carbonyl (C=O) groups excluding carboxylic acids is 1. The zero-order valence-corrected chi connectivity index (χ0v) is 19.2. The fourth-order valence-electron chi connectivity index (χ4n) is 2.98. The number of non-ortho nitro benzene ring substituents is 1. The molecule has 0 aromatic heterocycles. The Labute approximate surface area is 189 Å². The number of amides is 1. The number of nitrogens with one attached hydrogen (secondary N) is 1. The van der Waals surface area contributed by atoms with E-state index in [0.29, 0.717) is 24.3 Å². The molecule has 0 atom stereocenters. The van der Waals surface area contributed by atoms with Gasteiger partial charge in [-0.15, -0.1) is 0 Å². The smallest absolute Gasteiger partial charge is 0.270 e. The van der Waals surface area contributed by atoms with E-state index in [-0.39, 0.29) is 10.6 Å². The number of hydrogen-bond donors (Lipinski definition) is 1. The first-order chi connectivity index (χ1) is 15.3. The number of carbonyl (C=O) groups is 1. The molecule has 8 nitrogen and oxygen atoms in total. The molecule has 0 heterocycles. The molecule has 0 bridgehead atoms. The van der Waals surface area contributed by atoms with Gasteiger partial charge < -0.3 is 5.32 Å². The van der Waals surface area contributed by atoms with Crippen molar-refractivity contribution in [3.05, 3.63) is 70.3 Å². The Bertz CT molecular complexity index is 1040. The molecule has 0 radical (unpaired) electrons. The van der Waals surface area contributed by atoms with E-state index in [1.165, 1.54) is 40.7 Å². The summed E-state index contributed by atoms with van der Waals surface area (Å²) in [4.78, 5) is 22.7. The van der Waals surface area contributed by atoms with Crippen LogP contribution in [0.4, 0.5) is 11.4 Å². The number of nitro benzene ring substituents is 1. The van der Waals surface area contributed by atoms with Crippen molar-refractivity contribution in [2.45, 2.75) is 44.4 Å². The number of unbranched alkanes of at least 4 members (excludes halogenated alkanes) is 2. The molecule has 0 unspecified atom stereocenters. The molecular formula is C23H29N3O5S. The Kier molecular flexibility index (Phi) is 9.55. The van der Waals surface area contributed by atoms with Gasteiger partial charge in [-0.3, -0.25) is 14.9 Å². The van der Waals surface area contributed by atoms with Gasteiger partial charge in [0.1, 0.15) is 0 Å². The lowest BCUT2D eigenvalue weighted by Crippen LogP contribution is -2.33. The van der Waals surface area contributed by atoms with E-state index in [1.807, 2.05) is 13.8 Å². The highest BCUT2D eigenvalue weighted by Gasteiger charge is 2.23. The molecule has 32 heavy (non-hydrogen) atoms. The molecule has 2 aromatic carbocycles. The predicted molar refractivity (Wildman–Crippen MR) is 126 cm³/mol. The van der Waals surface area contributed by atoms with Crippen LogP contribution < -0.4 is 5.32 Å². The third kappa shape index (κ3) is 7.28. The van der Waals surface area contributed by atoms with Crippen molar-refractivity contribution in [2.75, 3.05) is 18.4 Å². The highest BCUT2D eigenvalue weighted by atomic mass is 32.2. The number of hydrogen-bond acceptors (Lipinski definition) is 5. The van der Waals surface area contributed by atoms with Crippen LogP contribution in [0.3, 0.4) is 0 Å². The third-order valence-electron chi connectivity index (χ3n) is 4.79. The van der Waals surface area contributed by atoms with Crippen LogP contribution in [0, 0.1) is 10.1 Å². The lowest BCUT2D eigenvalue weighted by Gasteiger charge is -2.22. The summed E-state index contributed by atoms with van der Waals surface area (Å²) >= 11 is 0. The van der Waals surface area contributed by atoms with Crippen molar-refractivity contribution in [1.29, 1.82) is 0 Å². The molecule has 1 N–H and O–H groups in total. The number of nitrogens with zero attached hydrogens (tertiary/aromatic N) is 2. The van der Waals surface area contributed by atoms with Gasteiger partial charge in [0.15, 0.2) is 0 Å². The molecule has 0 saturated heterocycles. The largest absolute Gasteiger partial charge is 0.323 e. The van der Waals surface area contributed by atoms with Gasteiger partial charge in [0.25, 0.3) is 5.69 Å². The van der Waals surface area contributed by atoms with Crippen LogP contribution in [0.25, 0.3) is 6.08 Å². The summed E-state index contributed by atoms with van der Waals surface area (Å²) in [6, 6.07) is 12.0. The summed E-state index contributed by atoms with van der Waals surface area (Å²) < 4.78 is 27.5. The van der Waals surface area contributed by atoms with Gasteiger partial charge in [0.2, 0.25) is 15.9 Å². The molecule has 172 valence electrons. The summed E-state index contributed by atoms with van der Waals surface area (Å²) in [5.74, 6) is -0.431. The maximum absolute atomic E-state index is 13.0. The van der Waals surface area contributed by atoms with Crippen molar-refractivity contribution < 1.29 is 18.1 Å². The van der Waals surface area contributed by atoms with Gasteiger partial charge in [-0.25, -0.2) is 8.42 Å². The third-order valence-corrected chi connectivity index (χ3v) is 6.70. The van der Waals surface area contributed by atoms with Crippen molar-refractivity contribution in [3.63, 3.8) is 0 Å². The summed E-state index contributed by atoms with van der Waals surface area (Å²) in [5, 5.41) is 13.5. The minimum absolute atomic E-state index is 0.0590. The van der Waals surface area contributed by atoms with Crippen molar-refractivity contribution in [3.8, 4) is 0 Å². The second kappa shape index (κ2) is 12.1. The number of sulfonamides is 1. The zero-order chi connectivity index (χ0) is 23.6. The second-order valence-electron chi connectivity index (χ2n) is 7.31. The predicted octanol–water partition coefficient (Wildman–Crippen LogP) is 4.84. The summed E-state index contributed by atoms with van der Waals surface area (Å²) in [6.45, 7) is 5.02. The minimum Gasteiger partial charge on any atom is -0.323 e. The van der Waals surface area contributed by atoms with E-state index in [9.17, 15) is 23.3 Å². The molecule has 0 aliphatic heterocycles. The molecule has 0 spiro atoms. The Morgan fingerprint density at radius 2 is 1.69 bits per heavy atom. The quantitative estimate of drug-likeness (QED) is 0.277. The maximum atomic E-state index is 13.0. The zero-order valence-electron chi connectivity index (χ0n) is 18.4. The van der Waals surface area contributed by atoms with Crippen LogP contribution in [-0.2, 0) is 14.8 Å². The molecule has 0 aliphatic rings. The maximum Gasteiger partial charge on any atom is 0.270 e. The van der Waals surface area contributed by atoms with Gasteiger partial charge in [-0.1, -0.05) is 38.8 Å². The second-order valence-corrected chi connectivity index (χ2v) is 9.25. The van der Waals surface area contributed by atoms with E-state index >= 15 is 0 Å². The number of rotatable bonds is 12. The Hall–Kier alpha value is -3.04. The van der Waals surface area contributed by atoms with Crippen LogP contribution in [0.15, 0.2) is 59.5 Å². The van der Waals surface area contributed by atoms with Gasteiger partial charge in [-0.05, 0) is 48.7 Å². The van der Waals surface area contributed by atoms with Crippen molar-refractivity contribution in [2.24, 2.45) is 0 Å². The van der Waals surface area contributed by atoms with E-state index in [4.69, 9.17) is 0 Å². The van der Waals surface area contributed by atoms with E-state index in [2.05, 4.69) is 5.32 Å². The van der Waals surface area contributed by atoms with Crippen LogP contribution in [-0.4, -0.2) is 36.6 Å². The molecular weight excluding hydrogens is 430 g/mol. The van der Waals surface area contributed by atoms with Crippen LogP contribution in [0.2, 0.25) is 0 Å². The highest BCUT2D eigenvalue weighted by molar-refractivity contribution is 7.89. The molecule has 9 heteroatoms. The van der Waals surface area contributed by atoms with Crippen LogP contribution in [0.1, 0.15) is 45.1 Å². The van der Waals surface area contributed by atoms with E-state index < -0.39 is 20.9 Å². The lowest BCUT2D eigenvalue weighted by molar-refractivity contribution is -0.384. The average Bonchev–Trinajstić information content (AvgIpc) is 2.78. The van der Waals surface area contributed by atoms with Crippen molar-refractivity contribution >= 4 is 33.4 Å². The van der Waals surface area contributed by atoms with E-state index in [0.717, 1.165) is 25.7 Å². The average molecular weight is 460 g/mol. The standard InChI is InChI=1S/C23H29N3O5S/c1-3-5-16-25(17-6-4-2)32(30,31)22-13-11-20(12-14-22)24-23(27)15-10-19-8-7-9-21(18-19)26(28)29/h7-15,18H,3-6,16-17H2,1-2H3,(H,24,27)/b15-10+. The molecule has 1 amide bonds. The fourth-order valence-corrected chi connectivity index (χ4v) is 4.50. The Morgan fingerprint density at radius 1 is 1.06 bits per heavy atom. The Morgan fingerprint density at radius 3 is 2.25 bits per heavy atom. The normalized spacial score (nSPS) is 11.7. The monoisotopic (exact) mass is 459 g/mol. The molecule has 0 saturated carbocycles. The van der Waals surface area contributed by atoms with Gasteiger partial charge in [-0.2, -0.15) is 4.31 Å². The first-order valence-corrected chi connectivity index (χ1v) is 12.1. The summed E-state index contributed by atoms with van der Waals surface area (Å²) in [5.41, 5.74) is 0.914. The van der Waals surface area contributed by atoms with Crippen LogP contribution >= 0.6 is 0 Å². The number of anilines is 1. The van der Waals surface area contributed by atoms with Crippen molar-refractivity contribution in [1.82, 2.24) is 4.31 Å². The SMILES string of the molecule is CCCCN(CCCC)S(=O)(=O)c1ccc(NC(=O)/C=C/c2cccc([N+](=O)[O-])c2)cc1. The topological polar surface area (TPSA) is 110 Å². The highest BCUT2D eigenvalue weighted by Crippen LogP contribution is 2.20.